The summed E-state index contributed by atoms with van der Waals surface area (Å²) in [6, 6.07) is 11.7. The number of amides is 1. The molecule has 1 amide bonds. The van der Waals surface area contributed by atoms with Crippen LogP contribution in [0.4, 0.5) is 10.8 Å². The number of carbonyl (C=O) groups is 2. The number of anilines is 1. The van der Waals surface area contributed by atoms with E-state index in [0.717, 1.165) is 35.3 Å². The topological polar surface area (TPSA) is 146 Å². The second kappa shape index (κ2) is 10.9. The summed E-state index contributed by atoms with van der Waals surface area (Å²) in [6.07, 6.45) is 2.76. The predicted molar refractivity (Wildman–Crippen MR) is 137 cm³/mol. The Morgan fingerprint density at radius 3 is 2.44 bits per heavy atom. The third-order valence-electron chi connectivity index (χ3n) is 4.52. The number of sulfone groups is 1. The Bertz CT molecular complexity index is 1520. The second-order valence-electron chi connectivity index (χ2n) is 6.91. The molecule has 3 aromatic heterocycles. The highest BCUT2D eigenvalue weighted by molar-refractivity contribution is 7.93. The summed E-state index contributed by atoms with van der Waals surface area (Å²) in [4.78, 5) is 40.4. The second-order valence-corrected chi connectivity index (χ2v) is 12.0. The van der Waals surface area contributed by atoms with Crippen LogP contribution in [0.15, 0.2) is 74.6 Å². The molecule has 10 nitrogen and oxygen atoms in total. The maximum Gasteiger partial charge on any atom is 0.340 e. The van der Waals surface area contributed by atoms with Crippen LogP contribution in [0.3, 0.4) is 0 Å². The molecular weight excluding hydrogens is 547 g/mol. The fourth-order valence-electron chi connectivity index (χ4n) is 2.85. The predicted octanol–water partition coefficient (Wildman–Crippen LogP) is 4.73. The quantitative estimate of drug-likeness (QED) is 0.134. The molecule has 0 bridgehead atoms. The molecule has 1 aromatic carbocycles. The summed E-state index contributed by atoms with van der Waals surface area (Å²) >= 11 is 3.51. The molecule has 4 aromatic rings. The Labute approximate surface area is 216 Å². The van der Waals surface area contributed by atoms with Gasteiger partial charge in [0.2, 0.25) is 9.84 Å². The van der Waals surface area contributed by atoms with Crippen molar-refractivity contribution in [3.8, 4) is 0 Å². The van der Waals surface area contributed by atoms with E-state index >= 15 is 0 Å². The number of esters is 1. The van der Waals surface area contributed by atoms with Gasteiger partial charge in [-0.15, -0.1) is 22.7 Å². The molecule has 0 saturated heterocycles. The van der Waals surface area contributed by atoms with Gasteiger partial charge >= 0.3 is 5.97 Å². The zero-order valence-electron chi connectivity index (χ0n) is 18.0. The maximum absolute atomic E-state index is 12.8. The van der Waals surface area contributed by atoms with Crippen LogP contribution < -0.4 is 5.32 Å². The molecule has 1 N–H and O–H groups in total. The highest BCUT2D eigenvalue weighted by Crippen LogP contribution is 2.30. The molecule has 4 rings (SSSR count). The van der Waals surface area contributed by atoms with Crippen molar-refractivity contribution in [1.82, 2.24) is 4.98 Å². The number of rotatable bonds is 9. The van der Waals surface area contributed by atoms with Gasteiger partial charge in [-0.2, -0.15) is 0 Å². The number of hydrogen-bond donors (Lipinski definition) is 1. The van der Waals surface area contributed by atoms with Crippen molar-refractivity contribution in [1.29, 1.82) is 0 Å². The van der Waals surface area contributed by atoms with E-state index in [0.29, 0.717) is 21.8 Å². The molecule has 0 unspecified atom stereocenters. The fraction of sp³-hybridized carbons (Fsp3) is 0.0455. The first kappa shape index (κ1) is 25.4. The molecule has 0 aliphatic heterocycles. The van der Waals surface area contributed by atoms with Gasteiger partial charge < -0.3 is 4.74 Å². The number of thiazole rings is 1. The van der Waals surface area contributed by atoms with E-state index in [2.05, 4.69) is 10.3 Å². The molecule has 0 radical (unpaired) electrons. The number of carbonyl (C=O) groups excluding carboxylic acids is 2. The van der Waals surface area contributed by atoms with Gasteiger partial charge in [0.1, 0.15) is 4.21 Å². The maximum atomic E-state index is 12.8. The Hall–Kier alpha value is -3.72. The van der Waals surface area contributed by atoms with E-state index in [9.17, 15) is 28.1 Å². The highest BCUT2D eigenvalue weighted by Gasteiger charge is 2.23. The minimum Gasteiger partial charge on any atom is -0.452 e. The number of nitro groups is 1. The molecule has 0 spiro atoms. The summed E-state index contributed by atoms with van der Waals surface area (Å²) in [5.41, 5.74) is 0.0687. The van der Waals surface area contributed by atoms with Crippen molar-refractivity contribution in [2.24, 2.45) is 0 Å². The first-order chi connectivity index (χ1) is 17.2. The zero-order chi connectivity index (χ0) is 25.7. The van der Waals surface area contributed by atoms with Crippen LogP contribution in [-0.2, 0) is 24.2 Å². The fourth-order valence-corrected chi connectivity index (χ4v) is 6.68. The molecule has 0 fully saturated rings. The number of non-ortho nitro benzene ring substituents is 1. The summed E-state index contributed by atoms with van der Waals surface area (Å²) in [5, 5.41) is 16.9. The first-order valence-electron chi connectivity index (χ1n) is 9.95. The molecule has 0 saturated carbocycles. The number of nitro benzene ring substituents is 1. The van der Waals surface area contributed by atoms with Crippen LogP contribution in [0.2, 0.25) is 0 Å². The van der Waals surface area contributed by atoms with Crippen molar-refractivity contribution >= 4 is 78.2 Å². The van der Waals surface area contributed by atoms with Gasteiger partial charge in [-0.1, -0.05) is 23.5 Å². The van der Waals surface area contributed by atoms with E-state index in [-0.39, 0.29) is 19.9 Å². The molecule has 36 heavy (non-hydrogen) atoms. The third kappa shape index (κ3) is 5.91. The molecule has 0 aliphatic carbocycles. The number of aromatic nitrogens is 1. The molecule has 184 valence electrons. The van der Waals surface area contributed by atoms with Crippen LogP contribution in [0.1, 0.15) is 9.75 Å². The Balaban J connectivity index is 1.40. The van der Waals surface area contributed by atoms with Crippen LogP contribution >= 0.6 is 34.0 Å². The summed E-state index contributed by atoms with van der Waals surface area (Å²) in [5.74, 6) is -1.37. The van der Waals surface area contributed by atoms with Crippen molar-refractivity contribution in [3.63, 3.8) is 0 Å². The third-order valence-corrected chi connectivity index (χ3v) is 9.39. The lowest BCUT2D eigenvalue weighted by Gasteiger charge is -2.07. The molecule has 3 heterocycles. The highest BCUT2D eigenvalue weighted by atomic mass is 32.2. The molecule has 0 aliphatic rings. The van der Waals surface area contributed by atoms with Gasteiger partial charge in [-0.25, -0.2) is 18.2 Å². The number of benzene rings is 1. The van der Waals surface area contributed by atoms with Gasteiger partial charge in [0, 0.05) is 21.9 Å². The van der Waals surface area contributed by atoms with Crippen molar-refractivity contribution in [2.75, 3.05) is 11.9 Å². The number of nitrogens with one attached hydrogen (secondary N) is 1. The van der Waals surface area contributed by atoms with Crippen LogP contribution in [0.25, 0.3) is 11.6 Å². The molecule has 0 atom stereocenters. The Kier molecular flexibility index (Phi) is 7.69. The normalized spacial score (nSPS) is 11.7. The average Bonchev–Trinajstić information content (AvgIpc) is 3.64. The van der Waals surface area contributed by atoms with Crippen LogP contribution in [-0.4, -0.2) is 36.8 Å². The average molecular weight is 562 g/mol. The number of nitrogens with zero attached hydrogens (tertiary/aromatic N) is 2. The van der Waals surface area contributed by atoms with Gasteiger partial charge in [-0.3, -0.25) is 20.2 Å². The lowest BCUT2D eigenvalue weighted by Crippen LogP contribution is -2.21. The lowest BCUT2D eigenvalue weighted by molar-refractivity contribution is -0.384. The van der Waals surface area contributed by atoms with Crippen molar-refractivity contribution < 1.29 is 27.7 Å². The van der Waals surface area contributed by atoms with Crippen LogP contribution in [0, 0.1) is 10.1 Å². The zero-order valence-corrected chi connectivity index (χ0v) is 21.3. The van der Waals surface area contributed by atoms with Gasteiger partial charge in [-0.05, 0) is 41.1 Å². The van der Waals surface area contributed by atoms with E-state index in [4.69, 9.17) is 4.74 Å². The van der Waals surface area contributed by atoms with Gasteiger partial charge in [0.25, 0.3) is 11.6 Å². The standard InChI is InChI=1S/C22H15N3O7S4/c26-19(13-32-21(27)17(18-4-2-10-34-18)11-15-3-1-9-33-15)24-22-23-12-20(35-22)36(30,31)16-7-5-14(6-8-16)25(28)29/h1-12H,13H2,(H,23,24,26)/b17-11+. The summed E-state index contributed by atoms with van der Waals surface area (Å²) < 4.78 is 30.5. The van der Waals surface area contributed by atoms with Crippen LogP contribution in [0.5, 0.6) is 0 Å². The van der Waals surface area contributed by atoms with E-state index in [1.54, 1.807) is 18.2 Å². The SMILES string of the molecule is O=C(COC(=O)/C(=C/c1cccs1)c1cccs1)Nc1ncc(S(=O)(=O)c2ccc([N+](=O)[O-])cc2)s1. The number of thiophene rings is 2. The minimum atomic E-state index is -3.99. The van der Waals surface area contributed by atoms with Gasteiger partial charge in [0.15, 0.2) is 11.7 Å². The van der Waals surface area contributed by atoms with Gasteiger partial charge in [0.05, 0.1) is 21.6 Å². The molecular formula is C22H15N3O7S4. The smallest absolute Gasteiger partial charge is 0.340 e. The number of ether oxygens (including phenoxy) is 1. The van der Waals surface area contributed by atoms with E-state index < -0.39 is 33.2 Å². The van der Waals surface area contributed by atoms with Crippen molar-refractivity contribution in [2.45, 2.75) is 9.10 Å². The first-order valence-corrected chi connectivity index (χ1v) is 14.0. The monoisotopic (exact) mass is 561 g/mol. The lowest BCUT2D eigenvalue weighted by atomic mass is 10.2. The Morgan fingerprint density at radius 1 is 1.08 bits per heavy atom. The van der Waals surface area contributed by atoms with Crippen molar-refractivity contribution in [3.05, 3.63) is 85.4 Å². The van der Waals surface area contributed by atoms with E-state index in [1.807, 2.05) is 22.9 Å². The Morgan fingerprint density at radius 2 is 1.81 bits per heavy atom. The molecule has 14 heteroatoms. The largest absolute Gasteiger partial charge is 0.452 e. The number of hydrogen-bond acceptors (Lipinski definition) is 11. The minimum absolute atomic E-state index is 0.0101. The summed E-state index contributed by atoms with van der Waals surface area (Å²) in [6.45, 7) is -0.601. The van der Waals surface area contributed by atoms with E-state index in [1.165, 1.54) is 22.7 Å². The summed E-state index contributed by atoms with van der Waals surface area (Å²) in [7, 11) is -3.99.